The number of aryl methyl sites for hydroxylation is 1. The molecule has 0 fully saturated rings. The van der Waals surface area contributed by atoms with Crippen LogP contribution in [0.5, 0.6) is 0 Å². The van der Waals surface area contributed by atoms with Crippen molar-refractivity contribution in [3.63, 3.8) is 0 Å². The fraction of sp³-hybridized carbons (Fsp3) is 0.135. The number of aromatic nitrogens is 10. The largest absolute Gasteiger partial charge is 0.324 e. The Bertz CT molecular complexity index is 3730. The van der Waals surface area contributed by atoms with Crippen LogP contribution in [0.25, 0.3) is 111 Å². The van der Waals surface area contributed by atoms with Crippen molar-refractivity contribution in [2.75, 3.05) is 0 Å². The number of nitrogens with zero attached hydrogens (tertiary/aromatic N) is 9. The minimum absolute atomic E-state index is 0.136. The number of imidazole rings is 1. The van der Waals surface area contributed by atoms with E-state index >= 15 is 0 Å². The van der Waals surface area contributed by atoms with E-state index in [2.05, 4.69) is 124 Å². The van der Waals surface area contributed by atoms with Gasteiger partial charge in [-0.25, -0.2) is 19.9 Å². The Balaban J connectivity index is 1.18. The summed E-state index contributed by atoms with van der Waals surface area (Å²) < 4.78 is 6.59. The molecule has 1 aliphatic heterocycles. The SMILES string of the molecule is C=CCC(CC=C)(CC=C)c1ccc(-c2nc3cc4c(cc3n2CCC)c2nc3c5ccccc5c5nc6nc(nc7[nH]c(nc4[n+]2n53)c2ccccc72)-c2ccccc2-6)cc1. The average Bonchev–Trinajstić information content (AvgIpc) is 4.13. The second kappa shape index (κ2) is 13.6. The Morgan fingerprint density at radius 3 is 1.81 bits per heavy atom. The Kier molecular flexibility index (Phi) is 7.90. The molecule has 12 rings (SSSR count). The second-order valence-corrected chi connectivity index (χ2v) is 16.4. The van der Waals surface area contributed by atoms with Gasteiger partial charge in [0.15, 0.2) is 17.3 Å². The first-order valence-corrected chi connectivity index (χ1v) is 21.2. The standard InChI is InChI=1S/C52H40N10/c1-5-25-52(26-6-2,27-7-3)32-23-21-31(22-24-32)47-53-41-29-39-40(30-42(41)60(47)28-8-4)51-59-49-38-20-14-13-19-37(38)48-57-45-35-17-11-9-15-33(35)43(55-45)54-44-34-16-10-12-18-36(34)46(56-44)58-50(39)62(51)61(48)49/h5-7,9-24,29-30H,1-3,8,25-28H2,4H3/p+1. The lowest BCUT2D eigenvalue weighted by molar-refractivity contribution is -0.559. The number of nitrogens with one attached hydrogen (secondary N) is 1. The summed E-state index contributed by atoms with van der Waals surface area (Å²) in [5, 5.41) is 5.79. The third kappa shape index (κ3) is 5.06. The van der Waals surface area contributed by atoms with Crippen LogP contribution in [0, 0.1) is 0 Å². The predicted octanol–water partition coefficient (Wildman–Crippen LogP) is 11.3. The average molecular weight is 806 g/mol. The smallest absolute Gasteiger partial charge is 0.296 e. The van der Waals surface area contributed by atoms with Gasteiger partial charge in [0.1, 0.15) is 11.5 Å². The molecule has 6 aromatic heterocycles. The summed E-state index contributed by atoms with van der Waals surface area (Å²) in [6.45, 7) is 15.3. The van der Waals surface area contributed by atoms with Gasteiger partial charge in [0, 0.05) is 50.2 Å². The molecule has 0 spiro atoms. The van der Waals surface area contributed by atoms with E-state index in [0.29, 0.717) is 28.6 Å². The molecule has 0 aliphatic carbocycles. The number of benzene rings is 5. The van der Waals surface area contributed by atoms with Gasteiger partial charge in [-0.2, -0.15) is 0 Å². The van der Waals surface area contributed by atoms with Crippen molar-refractivity contribution in [1.82, 2.24) is 44.0 Å². The number of H-pyrrole nitrogens is 1. The monoisotopic (exact) mass is 805 g/mol. The molecule has 5 aromatic carbocycles. The Morgan fingerprint density at radius 2 is 1.16 bits per heavy atom. The molecule has 11 aromatic rings. The first-order chi connectivity index (χ1) is 30.5. The van der Waals surface area contributed by atoms with Crippen LogP contribution in [0.4, 0.5) is 0 Å². The zero-order chi connectivity index (χ0) is 41.7. The van der Waals surface area contributed by atoms with Gasteiger partial charge in [0.05, 0.1) is 21.8 Å². The number of hydrogen-bond acceptors (Lipinski definition) is 6. The minimum atomic E-state index is -0.136. The third-order valence-electron chi connectivity index (χ3n) is 12.7. The highest BCUT2D eigenvalue weighted by Gasteiger charge is 2.31. The molecule has 62 heavy (non-hydrogen) atoms. The lowest BCUT2D eigenvalue weighted by Gasteiger charge is -2.32. The van der Waals surface area contributed by atoms with Gasteiger partial charge < -0.3 is 9.55 Å². The number of aromatic amines is 1. The van der Waals surface area contributed by atoms with Gasteiger partial charge in [-0.1, -0.05) is 120 Å². The zero-order valence-corrected chi connectivity index (χ0v) is 34.3. The molecule has 10 heteroatoms. The van der Waals surface area contributed by atoms with E-state index in [-0.39, 0.29) is 5.41 Å². The van der Waals surface area contributed by atoms with Crippen molar-refractivity contribution in [2.45, 2.75) is 44.6 Å². The number of rotatable bonds is 10. The van der Waals surface area contributed by atoms with Crippen molar-refractivity contribution < 1.29 is 4.52 Å². The molecule has 0 unspecified atom stereocenters. The van der Waals surface area contributed by atoms with E-state index in [1.165, 1.54) is 5.56 Å². The van der Waals surface area contributed by atoms with E-state index in [0.717, 1.165) is 115 Å². The second-order valence-electron chi connectivity index (χ2n) is 16.4. The van der Waals surface area contributed by atoms with Crippen molar-refractivity contribution in [3.8, 4) is 34.2 Å². The van der Waals surface area contributed by atoms with Gasteiger partial charge in [0.2, 0.25) is 11.3 Å². The first kappa shape index (κ1) is 36.0. The zero-order valence-electron chi connectivity index (χ0n) is 34.3. The van der Waals surface area contributed by atoms with Gasteiger partial charge >= 0.3 is 0 Å². The van der Waals surface area contributed by atoms with Crippen LogP contribution in [0.1, 0.15) is 38.2 Å². The fourth-order valence-corrected chi connectivity index (χ4v) is 9.95. The Labute approximate surface area is 355 Å². The molecule has 0 saturated heterocycles. The molecule has 0 saturated carbocycles. The van der Waals surface area contributed by atoms with E-state index in [1.807, 2.05) is 48.6 Å². The molecule has 4 bridgehead atoms. The quantitative estimate of drug-likeness (QED) is 0.109. The van der Waals surface area contributed by atoms with Crippen LogP contribution >= 0.6 is 0 Å². The molecule has 1 aliphatic rings. The van der Waals surface area contributed by atoms with Crippen LogP contribution in [0.2, 0.25) is 0 Å². The van der Waals surface area contributed by atoms with Gasteiger partial charge in [-0.15, -0.1) is 28.8 Å². The molecule has 298 valence electrons. The van der Waals surface area contributed by atoms with E-state index in [4.69, 9.17) is 29.9 Å². The Morgan fingerprint density at radius 1 is 0.597 bits per heavy atom. The highest BCUT2D eigenvalue weighted by Crippen LogP contribution is 2.40. The number of fused-ring (bicyclic) bond motifs is 17. The maximum atomic E-state index is 5.53. The molecule has 0 radical (unpaired) electrons. The number of allylic oxidation sites excluding steroid dienone is 3. The van der Waals surface area contributed by atoms with Gasteiger partial charge in [0.25, 0.3) is 11.3 Å². The molecular formula is C52H41N10+. The maximum Gasteiger partial charge on any atom is 0.296 e. The normalized spacial score (nSPS) is 12.5. The van der Waals surface area contributed by atoms with Crippen LogP contribution in [-0.2, 0) is 12.0 Å². The summed E-state index contributed by atoms with van der Waals surface area (Å²) >= 11 is 0. The van der Waals surface area contributed by atoms with Crippen LogP contribution in [-0.4, -0.2) is 44.0 Å². The molecule has 0 atom stereocenters. The lowest BCUT2D eigenvalue weighted by Crippen LogP contribution is -2.27. The minimum Gasteiger partial charge on any atom is -0.324 e. The summed E-state index contributed by atoms with van der Waals surface area (Å²) in [5.41, 5.74) is 10.4. The van der Waals surface area contributed by atoms with Crippen molar-refractivity contribution in [3.05, 3.63) is 153 Å². The predicted molar refractivity (Wildman–Crippen MR) is 250 cm³/mol. The van der Waals surface area contributed by atoms with Crippen molar-refractivity contribution in [1.29, 1.82) is 0 Å². The van der Waals surface area contributed by atoms with Crippen molar-refractivity contribution >= 4 is 77.2 Å². The Hall–Kier alpha value is -7.85. The van der Waals surface area contributed by atoms with Gasteiger partial charge in [-0.3, -0.25) is 0 Å². The van der Waals surface area contributed by atoms with Crippen molar-refractivity contribution in [2.24, 2.45) is 0 Å². The highest BCUT2D eigenvalue weighted by molar-refractivity contribution is 6.11. The molecule has 0 amide bonds. The molecule has 1 N–H and O–H groups in total. The van der Waals surface area contributed by atoms with Crippen LogP contribution < -0.4 is 4.52 Å². The maximum absolute atomic E-state index is 5.53. The molecular weight excluding hydrogens is 765 g/mol. The number of hydrogen-bond donors (Lipinski definition) is 1. The van der Waals surface area contributed by atoms with E-state index in [1.54, 1.807) is 0 Å². The summed E-state index contributed by atoms with van der Waals surface area (Å²) in [4.78, 5) is 35.6. The van der Waals surface area contributed by atoms with Crippen LogP contribution in [0.15, 0.2) is 147 Å². The summed E-state index contributed by atoms with van der Waals surface area (Å²) in [7, 11) is 0. The van der Waals surface area contributed by atoms with E-state index in [9.17, 15) is 0 Å². The third-order valence-corrected chi connectivity index (χ3v) is 12.7. The molecule has 10 nitrogen and oxygen atoms in total. The van der Waals surface area contributed by atoms with E-state index < -0.39 is 0 Å². The lowest BCUT2D eigenvalue weighted by atomic mass is 9.72. The summed E-state index contributed by atoms with van der Waals surface area (Å²) in [6, 6.07) is 38.0. The topological polar surface area (TPSA) is 107 Å². The first-order valence-electron chi connectivity index (χ1n) is 21.2. The summed E-state index contributed by atoms with van der Waals surface area (Å²) in [5.74, 6) is 2.13. The molecule has 7 heterocycles. The van der Waals surface area contributed by atoms with Gasteiger partial charge in [-0.05, 0) is 55.5 Å². The highest BCUT2D eigenvalue weighted by atomic mass is 15.4. The fourth-order valence-electron chi connectivity index (χ4n) is 9.95. The van der Waals surface area contributed by atoms with Crippen LogP contribution in [0.3, 0.4) is 0 Å². The summed E-state index contributed by atoms with van der Waals surface area (Å²) in [6.07, 6.45) is 9.45.